The monoisotopic (exact) mass is 507 g/mol. The van der Waals surface area contributed by atoms with Crippen molar-refractivity contribution in [3.8, 4) is 11.5 Å². The lowest BCUT2D eigenvalue weighted by Crippen LogP contribution is -2.25. The van der Waals surface area contributed by atoms with Crippen LogP contribution < -0.4 is 0 Å². The maximum atomic E-state index is 6.62. The molecule has 8 rings (SSSR count). The minimum atomic E-state index is 0.0763. The van der Waals surface area contributed by atoms with Crippen molar-refractivity contribution in [3.05, 3.63) is 138 Å². The summed E-state index contributed by atoms with van der Waals surface area (Å²) < 4.78 is 11.0. The zero-order chi connectivity index (χ0) is 25.9. The molecule has 2 aliphatic carbocycles. The lowest BCUT2D eigenvalue weighted by atomic mass is 9.76. The lowest BCUT2D eigenvalue weighted by Gasteiger charge is -2.35. The number of hydrogen-bond acceptors (Lipinski definition) is 4. The molecule has 2 aromatic carbocycles. The molecule has 1 aliphatic heterocycles. The first kappa shape index (κ1) is 22.1. The van der Waals surface area contributed by atoms with Gasteiger partial charge in [0.2, 0.25) is 0 Å². The van der Waals surface area contributed by atoms with Gasteiger partial charge in [0, 0.05) is 40.7 Å². The maximum absolute atomic E-state index is 6.62. The summed E-state index contributed by atoms with van der Waals surface area (Å²) in [5.41, 5.74) is 7.17. The quantitative estimate of drug-likeness (QED) is 0.270. The average Bonchev–Trinajstić information content (AvgIpc) is 3.53. The van der Waals surface area contributed by atoms with Crippen LogP contribution in [-0.2, 0) is 11.2 Å². The van der Waals surface area contributed by atoms with Crippen molar-refractivity contribution in [2.24, 2.45) is 5.92 Å². The normalized spacial score (nSPS) is 19.2. The van der Waals surface area contributed by atoms with Crippen molar-refractivity contribution in [1.82, 2.24) is 24.3 Å². The molecule has 2 unspecified atom stereocenters. The first-order valence-electron chi connectivity index (χ1n) is 13.3. The molecule has 2 atom stereocenters. The van der Waals surface area contributed by atoms with Gasteiger partial charge in [-0.25, -0.2) is 4.98 Å². The zero-order valence-corrected chi connectivity index (χ0v) is 21.4. The summed E-state index contributed by atoms with van der Waals surface area (Å²) in [7, 11) is 0. The molecule has 3 aromatic heterocycles. The van der Waals surface area contributed by atoms with Crippen LogP contribution in [0, 0.1) is 5.92 Å². The van der Waals surface area contributed by atoms with Gasteiger partial charge >= 0.3 is 0 Å². The second-order valence-electron chi connectivity index (χ2n) is 10.2. The van der Waals surface area contributed by atoms with E-state index in [9.17, 15) is 0 Å². The van der Waals surface area contributed by atoms with E-state index in [4.69, 9.17) is 4.74 Å². The van der Waals surface area contributed by atoms with Crippen molar-refractivity contribution in [1.29, 1.82) is 0 Å². The van der Waals surface area contributed by atoms with Crippen LogP contribution in [0.4, 0.5) is 0 Å². The van der Waals surface area contributed by atoms with Gasteiger partial charge in [-0.1, -0.05) is 55.5 Å². The number of nitrogens with zero attached hydrogens (tertiary/aromatic N) is 5. The summed E-state index contributed by atoms with van der Waals surface area (Å²) in [5, 5.41) is 9.99. The van der Waals surface area contributed by atoms with E-state index in [1.807, 2.05) is 24.7 Å². The van der Waals surface area contributed by atoms with Crippen LogP contribution in [0.5, 0.6) is 0 Å². The Morgan fingerprint density at radius 1 is 0.923 bits per heavy atom. The standard InChI is InChI=1S/C33H25N5O/c1-21-30(18-16-26-24-9-2-4-10-27(24)37-20-35-36-33(37)32(21)26)39-22-13-15-25-23-8-3-5-11-28(23)38(29(25)17-14-22)31-12-6-7-19-34-31/h2-16,18-21,32H,17H2,1H3. The topological polar surface area (TPSA) is 57.8 Å². The second kappa shape index (κ2) is 8.53. The minimum Gasteiger partial charge on any atom is -0.462 e. The maximum Gasteiger partial charge on any atom is 0.145 e. The Bertz CT molecular complexity index is 1890. The van der Waals surface area contributed by atoms with Gasteiger partial charge in [0.05, 0.1) is 17.1 Å². The second-order valence-corrected chi connectivity index (χ2v) is 10.2. The molecular weight excluding hydrogens is 482 g/mol. The van der Waals surface area contributed by atoms with Gasteiger partial charge in [0.1, 0.15) is 29.5 Å². The molecular formula is C33H25N5O. The van der Waals surface area contributed by atoms with Gasteiger partial charge in [0.15, 0.2) is 0 Å². The number of aromatic nitrogens is 5. The molecule has 0 amide bonds. The molecule has 0 N–H and O–H groups in total. The number of benzene rings is 2. The van der Waals surface area contributed by atoms with E-state index in [0.29, 0.717) is 0 Å². The summed E-state index contributed by atoms with van der Waals surface area (Å²) in [5.74, 6) is 3.82. The molecule has 188 valence electrons. The molecule has 5 aromatic rings. The summed E-state index contributed by atoms with van der Waals surface area (Å²) in [6.07, 6.45) is 15.1. The Labute approximate surface area is 225 Å². The van der Waals surface area contributed by atoms with E-state index >= 15 is 0 Å². The molecule has 39 heavy (non-hydrogen) atoms. The Morgan fingerprint density at radius 3 is 2.72 bits per heavy atom. The van der Waals surface area contributed by atoms with Crippen LogP contribution in [0.3, 0.4) is 0 Å². The molecule has 0 radical (unpaired) electrons. The summed E-state index contributed by atoms with van der Waals surface area (Å²) in [6.45, 7) is 2.22. The molecule has 0 saturated heterocycles. The first-order valence-corrected chi connectivity index (χ1v) is 13.3. The van der Waals surface area contributed by atoms with Crippen molar-refractivity contribution in [2.75, 3.05) is 0 Å². The average molecular weight is 508 g/mol. The highest BCUT2D eigenvalue weighted by Crippen LogP contribution is 2.48. The van der Waals surface area contributed by atoms with Crippen LogP contribution in [0.15, 0.2) is 115 Å². The SMILES string of the molecule is CC1C(OC2=CCc3c(c4ccccc4n3-c3ccccn3)C=C2)=CC=C2c3ccccc3-n3cnnc3C21. The number of pyridine rings is 1. The van der Waals surface area contributed by atoms with Crippen LogP contribution in [0.1, 0.15) is 35.5 Å². The van der Waals surface area contributed by atoms with Crippen LogP contribution >= 0.6 is 0 Å². The van der Waals surface area contributed by atoms with E-state index in [1.165, 1.54) is 27.8 Å². The molecule has 6 heteroatoms. The largest absolute Gasteiger partial charge is 0.462 e. The fourth-order valence-corrected chi connectivity index (χ4v) is 6.27. The molecule has 3 aliphatic rings. The number of rotatable bonds is 3. The highest BCUT2D eigenvalue weighted by atomic mass is 16.5. The zero-order valence-electron chi connectivity index (χ0n) is 21.4. The molecule has 0 spiro atoms. The molecule has 0 saturated carbocycles. The third-order valence-corrected chi connectivity index (χ3v) is 8.08. The number of hydrogen-bond donors (Lipinski definition) is 0. The van der Waals surface area contributed by atoms with E-state index < -0.39 is 0 Å². The smallest absolute Gasteiger partial charge is 0.145 e. The van der Waals surface area contributed by atoms with Gasteiger partial charge in [-0.3, -0.25) is 9.13 Å². The van der Waals surface area contributed by atoms with Crippen molar-refractivity contribution >= 4 is 22.6 Å². The van der Waals surface area contributed by atoms with E-state index in [1.54, 1.807) is 0 Å². The Morgan fingerprint density at radius 2 is 1.79 bits per heavy atom. The van der Waals surface area contributed by atoms with Crippen molar-refractivity contribution < 1.29 is 4.74 Å². The van der Waals surface area contributed by atoms with Crippen LogP contribution in [0.25, 0.3) is 34.1 Å². The van der Waals surface area contributed by atoms with Crippen molar-refractivity contribution in [2.45, 2.75) is 19.3 Å². The summed E-state index contributed by atoms with van der Waals surface area (Å²) in [6, 6.07) is 23.0. The number of ether oxygens (including phenoxy) is 1. The predicted molar refractivity (Wildman–Crippen MR) is 152 cm³/mol. The number of para-hydroxylation sites is 2. The minimum absolute atomic E-state index is 0.0763. The van der Waals surface area contributed by atoms with Gasteiger partial charge in [-0.2, -0.15) is 0 Å². The third-order valence-electron chi connectivity index (χ3n) is 8.08. The van der Waals surface area contributed by atoms with Crippen LogP contribution in [0.2, 0.25) is 0 Å². The number of fused-ring (bicyclic) bond motifs is 9. The Hall–Kier alpha value is -4.97. The van der Waals surface area contributed by atoms with Gasteiger partial charge in [0.25, 0.3) is 0 Å². The highest BCUT2D eigenvalue weighted by Gasteiger charge is 2.38. The van der Waals surface area contributed by atoms with Crippen LogP contribution in [-0.4, -0.2) is 24.3 Å². The Kier molecular flexibility index (Phi) is 4.82. The molecule has 0 fully saturated rings. The molecule has 4 heterocycles. The lowest BCUT2D eigenvalue weighted by molar-refractivity contribution is 0.260. The molecule has 6 nitrogen and oxygen atoms in total. The van der Waals surface area contributed by atoms with Crippen molar-refractivity contribution in [3.63, 3.8) is 0 Å². The van der Waals surface area contributed by atoms with Gasteiger partial charge in [-0.15, -0.1) is 10.2 Å². The summed E-state index contributed by atoms with van der Waals surface area (Å²) in [4.78, 5) is 4.66. The van der Waals surface area contributed by atoms with E-state index in [-0.39, 0.29) is 11.8 Å². The molecule has 0 bridgehead atoms. The Balaban J connectivity index is 1.16. The number of allylic oxidation sites excluding steroid dienone is 6. The van der Waals surface area contributed by atoms with Gasteiger partial charge < -0.3 is 4.74 Å². The highest BCUT2D eigenvalue weighted by molar-refractivity contribution is 5.93. The van der Waals surface area contributed by atoms with Gasteiger partial charge in [-0.05, 0) is 54.1 Å². The van der Waals surface area contributed by atoms with E-state index in [0.717, 1.165) is 40.8 Å². The fraction of sp³-hybridized carbons (Fsp3) is 0.121. The first-order chi connectivity index (χ1) is 19.3. The predicted octanol–water partition coefficient (Wildman–Crippen LogP) is 6.79. The summed E-state index contributed by atoms with van der Waals surface area (Å²) >= 11 is 0. The third kappa shape index (κ3) is 3.31. The van der Waals surface area contributed by atoms with E-state index in [2.05, 4.69) is 116 Å². The fourth-order valence-electron chi connectivity index (χ4n) is 6.27.